The third kappa shape index (κ3) is 7.81. The molecule has 4 atom stereocenters. The highest BCUT2D eigenvalue weighted by Crippen LogP contribution is 2.33. The number of ether oxygens (including phenoxy) is 3. The summed E-state index contributed by atoms with van der Waals surface area (Å²) in [7, 11) is 0. The van der Waals surface area contributed by atoms with Gasteiger partial charge in [0.2, 0.25) is 11.8 Å². The fraction of sp³-hybridized carbons (Fsp3) is 0.548. The first-order valence-corrected chi connectivity index (χ1v) is 15.7. The number of halogens is 1. The van der Waals surface area contributed by atoms with Crippen molar-refractivity contribution in [3.05, 3.63) is 52.6 Å². The molecule has 2 amide bonds. The number of nitrogens with one attached hydrogen (secondary N) is 1. The largest absolute Gasteiger partial charge is 0.470 e. The van der Waals surface area contributed by atoms with Crippen LogP contribution in [0, 0.1) is 18.7 Å². The molecule has 1 aliphatic rings. The van der Waals surface area contributed by atoms with Gasteiger partial charge in [-0.1, -0.05) is 26.0 Å². The van der Waals surface area contributed by atoms with Gasteiger partial charge in [0.1, 0.15) is 24.4 Å². The Hall–Kier alpha value is -3.39. The summed E-state index contributed by atoms with van der Waals surface area (Å²) in [4.78, 5) is 33.8. The monoisotopic (exact) mass is 632 g/mol. The Bertz CT molecular complexity index is 1410. The maximum atomic E-state index is 15.2. The summed E-state index contributed by atoms with van der Waals surface area (Å²) in [6.45, 7) is 11.9. The number of β-amino-alcohol motifs (C(OH)–C–C–N with tert-alkyl or cyclic N) is 1. The molecule has 11 nitrogen and oxygen atoms in total. The van der Waals surface area contributed by atoms with Gasteiger partial charge in [-0.15, -0.1) is 11.3 Å². The Morgan fingerprint density at radius 3 is 2.55 bits per heavy atom. The Morgan fingerprint density at radius 2 is 1.93 bits per heavy atom. The van der Waals surface area contributed by atoms with Crippen LogP contribution >= 0.6 is 11.3 Å². The van der Waals surface area contributed by atoms with Crippen molar-refractivity contribution in [2.24, 2.45) is 5.92 Å². The van der Waals surface area contributed by atoms with Crippen molar-refractivity contribution in [1.29, 1.82) is 0 Å². The molecule has 3 aromatic rings. The van der Waals surface area contributed by atoms with Crippen LogP contribution in [0.3, 0.4) is 0 Å². The molecule has 3 heterocycles. The van der Waals surface area contributed by atoms with Crippen LogP contribution in [-0.2, 0) is 19.1 Å². The summed E-state index contributed by atoms with van der Waals surface area (Å²) in [5.41, 5.74) is 3.55. The van der Waals surface area contributed by atoms with Gasteiger partial charge < -0.3 is 34.1 Å². The molecular formula is C31H41FN4O7S. The fourth-order valence-electron chi connectivity index (χ4n) is 5.36. The van der Waals surface area contributed by atoms with Gasteiger partial charge in [-0.3, -0.25) is 9.59 Å². The first-order chi connectivity index (χ1) is 21.0. The summed E-state index contributed by atoms with van der Waals surface area (Å²) < 4.78 is 37.3. The number of likely N-dealkylation sites (tertiary alicyclic amines) is 1. The number of carbonyl (C=O) groups excluding carboxylic acids is 2. The molecular weight excluding hydrogens is 591 g/mol. The van der Waals surface area contributed by atoms with Crippen molar-refractivity contribution in [2.75, 3.05) is 26.4 Å². The van der Waals surface area contributed by atoms with Crippen LogP contribution in [0.2, 0.25) is 0 Å². The van der Waals surface area contributed by atoms with Gasteiger partial charge in [0.15, 0.2) is 12.1 Å². The Labute approximate surface area is 260 Å². The summed E-state index contributed by atoms with van der Waals surface area (Å²) >= 11 is 1.43. The van der Waals surface area contributed by atoms with Gasteiger partial charge in [0, 0.05) is 37.8 Å². The number of hydrogen-bond acceptors (Lipinski definition) is 10. The smallest absolute Gasteiger partial charge is 0.254 e. The van der Waals surface area contributed by atoms with Crippen molar-refractivity contribution in [1.82, 2.24) is 20.4 Å². The van der Waals surface area contributed by atoms with Crippen LogP contribution in [0.4, 0.5) is 4.39 Å². The Balaban J connectivity index is 1.45. The van der Waals surface area contributed by atoms with Crippen molar-refractivity contribution >= 4 is 23.2 Å². The number of rotatable bonds is 14. The van der Waals surface area contributed by atoms with E-state index >= 15 is 4.39 Å². The molecule has 2 aromatic heterocycles. The van der Waals surface area contributed by atoms with Crippen molar-refractivity contribution < 1.29 is 37.8 Å². The molecule has 4 unspecified atom stereocenters. The summed E-state index contributed by atoms with van der Waals surface area (Å²) in [6.07, 6.45) is -1.41. The van der Waals surface area contributed by atoms with Gasteiger partial charge in [-0.05, 0) is 50.4 Å². The van der Waals surface area contributed by atoms with Crippen molar-refractivity contribution in [2.45, 2.75) is 78.4 Å². The lowest BCUT2D eigenvalue weighted by atomic mass is 9.91. The lowest BCUT2D eigenvalue weighted by Crippen LogP contribution is -2.48. The minimum atomic E-state index is -0.944. The number of benzene rings is 1. The first kappa shape index (κ1) is 33.5. The van der Waals surface area contributed by atoms with Crippen LogP contribution in [0.5, 0.6) is 5.88 Å². The van der Waals surface area contributed by atoms with Crippen molar-refractivity contribution in [3.63, 3.8) is 0 Å². The van der Waals surface area contributed by atoms with Crippen LogP contribution in [0.1, 0.15) is 70.0 Å². The minimum absolute atomic E-state index is 0.0202. The number of aliphatic hydroxyl groups excluding tert-OH is 1. The molecule has 0 radical (unpaired) electrons. The van der Waals surface area contributed by atoms with E-state index in [1.54, 1.807) is 30.6 Å². The topological polar surface area (TPSA) is 136 Å². The average Bonchev–Trinajstić information content (AvgIpc) is 3.71. The summed E-state index contributed by atoms with van der Waals surface area (Å²) in [6, 6.07) is 4.80. The van der Waals surface area contributed by atoms with E-state index < -0.39 is 42.1 Å². The lowest BCUT2D eigenvalue weighted by molar-refractivity contribution is -0.153. The molecule has 0 spiro atoms. The van der Waals surface area contributed by atoms with E-state index in [0.717, 1.165) is 10.6 Å². The number of thiazole rings is 1. The van der Waals surface area contributed by atoms with E-state index in [1.165, 1.54) is 22.3 Å². The normalized spacial score (nSPS) is 18.2. The second kappa shape index (κ2) is 15.1. The molecule has 1 saturated heterocycles. The van der Waals surface area contributed by atoms with Gasteiger partial charge in [-0.2, -0.15) is 0 Å². The minimum Gasteiger partial charge on any atom is -0.470 e. The molecule has 2 N–H and O–H groups in total. The number of aryl methyl sites for hydroxylation is 1. The third-order valence-corrected chi connectivity index (χ3v) is 8.49. The molecule has 13 heteroatoms. The van der Waals surface area contributed by atoms with Crippen LogP contribution < -0.4 is 10.1 Å². The molecule has 44 heavy (non-hydrogen) atoms. The summed E-state index contributed by atoms with van der Waals surface area (Å²) in [5, 5.41) is 17.3. The highest BCUT2D eigenvalue weighted by atomic mass is 32.1. The Kier molecular flexibility index (Phi) is 11.5. The van der Waals surface area contributed by atoms with Gasteiger partial charge >= 0.3 is 0 Å². The van der Waals surface area contributed by atoms with Crippen LogP contribution in [-0.4, -0.2) is 76.8 Å². The van der Waals surface area contributed by atoms with Crippen molar-refractivity contribution in [3.8, 4) is 16.3 Å². The zero-order valence-electron chi connectivity index (χ0n) is 25.9. The highest BCUT2D eigenvalue weighted by Gasteiger charge is 2.43. The quantitative estimate of drug-likeness (QED) is 0.244. The lowest BCUT2D eigenvalue weighted by Gasteiger charge is -2.29. The van der Waals surface area contributed by atoms with Gasteiger partial charge in [0.25, 0.3) is 5.88 Å². The van der Waals surface area contributed by atoms with E-state index in [9.17, 15) is 14.7 Å². The van der Waals surface area contributed by atoms with E-state index in [4.69, 9.17) is 18.7 Å². The maximum Gasteiger partial charge on any atom is 0.254 e. The highest BCUT2D eigenvalue weighted by molar-refractivity contribution is 7.13. The predicted molar refractivity (Wildman–Crippen MR) is 162 cm³/mol. The maximum absolute atomic E-state index is 15.2. The number of nitrogens with zero attached hydrogens (tertiary/aromatic N) is 3. The van der Waals surface area contributed by atoms with E-state index in [-0.39, 0.29) is 43.0 Å². The molecule has 240 valence electrons. The molecule has 1 aliphatic heterocycles. The van der Waals surface area contributed by atoms with E-state index in [2.05, 4.69) is 15.5 Å². The van der Waals surface area contributed by atoms with Crippen LogP contribution in [0.15, 0.2) is 34.3 Å². The molecule has 0 bridgehead atoms. The number of amides is 2. The van der Waals surface area contributed by atoms with Gasteiger partial charge in [-0.25, -0.2) is 9.37 Å². The number of carbonyl (C=O) groups is 2. The number of hydrogen-bond donors (Lipinski definition) is 2. The number of aliphatic hydroxyl groups is 1. The third-order valence-electron chi connectivity index (χ3n) is 7.52. The standard InChI is InChI=1S/C31H41FN4O7S/c1-7-40-27(41-8-2)15-42-26-13-25(43-35-26)28(17(3)4)31(39)36-14-21(37)12-24(36)30(38)34-18(5)22-10-9-20(11-23(22)32)29-19(6)33-16-44-29/h9-11,13,16-18,21,24,27-28,37H,7-8,12,14-15H2,1-6H3,(H,34,38). The molecule has 0 aliphatic carbocycles. The van der Waals surface area contributed by atoms with Crippen LogP contribution in [0.25, 0.3) is 10.4 Å². The second-order valence-electron chi connectivity index (χ2n) is 11.1. The second-order valence-corrected chi connectivity index (χ2v) is 11.9. The van der Waals surface area contributed by atoms with E-state index in [1.807, 2.05) is 34.6 Å². The Morgan fingerprint density at radius 1 is 1.20 bits per heavy atom. The zero-order chi connectivity index (χ0) is 32.0. The zero-order valence-corrected chi connectivity index (χ0v) is 26.7. The summed E-state index contributed by atoms with van der Waals surface area (Å²) in [5.74, 6) is -1.89. The molecule has 4 rings (SSSR count). The fourth-order valence-corrected chi connectivity index (χ4v) is 6.16. The first-order valence-electron chi connectivity index (χ1n) is 14.8. The van der Waals surface area contributed by atoms with Gasteiger partial charge in [0.05, 0.1) is 28.2 Å². The average molecular weight is 633 g/mol. The molecule has 1 fully saturated rings. The van der Waals surface area contributed by atoms with E-state index in [0.29, 0.717) is 24.3 Å². The predicted octanol–water partition coefficient (Wildman–Crippen LogP) is 4.60. The molecule has 0 saturated carbocycles. The number of aromatic nitrogens is 2. The SMILES string of the molecule is CCOC(COc1cc(C(C(=O)N2CC(O)CC2C(=O)NC(C)c2ccc(-c3scnc3C)cc2F)C(C)C)on1)OCC. The molecule has 1 aromatic carbocycles.